The molecule has 0 aromatic heterocycles. The number of nitrogens with zero attached hydrogens (tertiary/aromatic N) is 1. The number of amidine groups is 1. The monoisotopic (exact) mass is 426 g/mol. The summed E-state index contributed by atoms with van der Waals surface area (Å²) in [5, 5.41) is 4.21. The fraction of sp³-hybridized carbons (Fsp3) is 0. The normalized spacial score (nSPS) is 17.8. The molecule has 0 radical (unpaired) electrons. The first kappa shape index (κ1) is 16.6. The number of carbonyl (C=O) groups is 1. The molecule has 3 rings (SSSR count). The highest BCUT2D eigenvalue weighted by atomic mass is 79.9. The maximum Gasteiger partial charge on any atom is 0.264 e. The molecular formula is C16H9BrCl2N2OS. The molecule has 0 spiro atoms. The summed E-state index contributed by atoms with van der Waals surface area (Å²) in [5.41, 5.74) is 1.45. The SMILES string of the molecule is O=C1NC(=Nc2cc(Cl)ccc2Cl)S/C1=C/c1cccc(Br)c1. The van der Waals surface area contributed by atoms with Crippen molar-refractivity contribution in [2.75, 3.05) is 0 Å². The van der Waals surface area contributed by atoms with E-state index in [4.69, 9.17) is 23.2 Å². The van der Waals surface area contributed by atoms with Crippen LogP contribution in [0, 0.1) is 0 Å². The van der Waals surface area contributed by atoms with Gasteiger partial charge in [0.15, 0.2) is 5.17 Å². The number of amides is 1. The van der Waals surface area contributed by atoms with E-state index in [2.05, 4.69) is 26.2 Å². The third kappa shape index (κ3) is 4.18. The Morgan fingerprint density at radius 3 is 2.78 bits per heavy atom. The first-order valence-electron chi connectivity index (χ1n) is 6.51. The van der Waals surface area contributed by atoms with Gasteiger partial charge < -0.3 is 5.32 Å². The third-order valence-corrected chi connectivity index (χ3v) is 4.89. The molecule has 1 fully saturated rings. The molecule has 0 aliphatic carbocycles. The van der Waals surface area contributed by atoms with Gasteiger partial charge in [0.1, 0.15) is 0 Å². The molecule has 1 aliphatic rings. The Morgan fingerprint density at radius 1 is 1.17 bits per heavy atom. The molecule has 0 bridgehead atoms. The van der Waals surface area contributed by atoms with Gasteiger partial charge in [-0.15, -0.1) is 0 Å². The van der Waals surface area contributed by atoms with Crippen LogP contribution in [0.5, 0.6) is 0 Å². The molecule has 116 valence electrons. The van der Waals surface area contributed by atoms with E-state index in [1.807, 2.05) is 30.3 Å². The average Bonchev–Trinajstić information content (AvgIpc) is 2.83. The van der Waals surface area contributed by atoms with Crippen LogP contribution in [0.4, 0.5) is 5.69 Å². The quantitative estimate of drug-likeness (QED) is 0.629. The standard InChI is InChI=1S/C16H9BrCl2N2OS/c17-10-3-1-2-9(6-10)7-14-15(22)21-16(23-14)20-13-8-11(18)4-5-12(13)19/h1-8H,(H,20,21,22)/b14-7+. The molecule has 3 nitrogen and oxygen atoms in total. The Morgan fingerprint density at radius 2 is 2.00 bits per heavy atom. The van der Waals surface area contributed by atoms with Crippen molar-refractivity contribution in [3.63, 3.8) is 0 Å². The fourth-order valence-electron chi connectivity index (χ4n) is 1.91. The third-order valence-electron chi connectivity index (χ3n) is 2.93. The van der Waals surface area contributed by atoms with E-state index in [1.165, 1.54) is 11.8 Å². The van der Waals surface area contributed by atoms with Gasteiger partial charge in [-0.05, 0) is 53.7 Å². The van der Waals surface area contributed by atoms with E-state index in [1.54, 1.807) is 18.2 Å². The van der Waals surface area contributed by atoms with E-state index in [9.17, 15) is 4.79 Å². The van der Waals surface area contributed by atoms with Crippen LogP contribution in [0.25, 0.3) is 6.08 Å². The zero-order valence-corrected chi connectivity index (χ0v) is 15.4. The van der Waals surface area contributed by atoms with Crippen LogP contribution in [-0.4, -0.2) is 11.1 Å². The number of thioether (sulfide) groups is 1. The zero-order chi connectivity index (χ0) is 16.4. The topological polar surface area (TPSA) is 41.5 Å². The fourth-order valence-corrected chi connectivity index (χ4v) is 3.49. The number of hydrogen-bond acceptors (Lipinski definition) is 3. The largest absolute Gasteiger partial charge is 0.300 e. The maximum atomic E-state index is 12.1. The number of halogens is 3. The lowest BCUT2D eigenvalue weighted by Gasteiger charge is -2.00. The van der Waals surface area contributed by atoms with E-state index in [0.717, 1.165) is 10.0 Å². The van der Waals surface area contributed by atoms with Crippen molar-refractivity contribution in [3.05, 3.63) is 67.5 Å². The molecule has 2 aromatic rings. The van der Waals surface area contributed by atoms with Crippen molar-refractivity contribution in [1.82, 2.24) is 5.32 Å². The van der Waals surface area contributed by atoms with Crippen LogP contribution in [-0.2, 0) is 4.79 Å². The number of benzene rings is 2. The van der Waals surface area contributed by atoms with Crippen LogP contribution in [0.3, 0.4) is 0 Å². The van der Waals surface area contributed by atoms with E-state index in [0.29, 0.717) is 25.8 Å². The Balaban J connectivity index is 1.87. The molecule has 1 heterocycles. The summed E-state index contributed by atoms with van der Waals surface area (Å²) < 4.78 is 0.954. The van der Waals surface area contributed by atoms with Crippen LogP contribution in [0.2, 0.25) is 10.0 Å². The highest BCUT2D eigenvalue weighted by Crippen LogP contribution is 2.32. The Kier molecular flexibility index (Phi) is 5.11. The van der Waals surface area contributed by atoms with Gasteiger partial charge in [0.2, 0.25) is 0 Å². The number of rotatable bonds is 2. The summed E-state index contributed by atoms with van der Waals surface area (Å²) >= 11 is 16.7. The summed E-state index contributed by atoms with van der Waals surface area (Å²) in [4.78, 5) is 17.0. The molecule has 2 aromatic carbocycles. The summed E-state index contributed by atoms with van der Waals surface area (Å²) in [6, 6.07) is 12.7. The smallest absolute Gasteiger partial charge is 0.264 e. The minimum Gasteiger partial charge on any atom is -0.300 e. The molecule has 1 amide bonds. The highest BCUT2D eigenvalue weighted by Gasteiger charge is 2.24. The minimum absolute atomic E-state index is 0.188. The average molecular weight is 428 g/mol. The van der Waals surface area contributed by atoms with E-state index < -0.39 is 0 Å². The second-order valence-electron chi connectivity index (χ2n) is 4.63. The van der Waals surface area contributed by atoms with Gasteiger partial charge in [0.25, 0.3) is 5.91 Å². The molecule has 1 aliphatic heterocycles. The first-order chi connectivity index (χ1) is 11.0. The maximum absolute atomic E-state index is 12.1. The van der Waals surface area contributed by atoms with Crippen LogP contribution in [0.15, 0.2) is 56.8 Å². The van der Waals surface area contributed by atoms with Crippen LogP contribution in [0.1, 0.15) is 5.56 Å². The lowest BCUT2D eigenvalue weighted by Crippen LogP contribution is -2.19. The predicted molar refractivity (Wildman–Crippen MR) is 101 cm³/mol. The van der Waals surface area contributed by atoms with E-state index in [-0.39, 0.29) is 5.91 Å². The van der Waals surface area contributed by atoms with Gasteiger partial charge >= 0.3 is 0 Å². The van der Waals surface area contributed by atoms with Gasteiger partial charge in [0, 0.05) is 9.50 Å². The molecule has 1 N–H and O–H groups in total. The van der Waals surface area contributed by atoms with E-state index >= 15 is 0 Å². The van der Waals surface area contributed by atoms with Crippen molar-refractivity contribution in [3.8, 4) is 0 Å². The molecule has 0 saturated carbocycles. The molecular weight excluding hydrogens is 419 g/mol. The van der Waals surface area contributed by atoms with Crippen molar-refractivity contribution in [2.24, 2.45) is 4.99 Å². The molecule has 23 heavy (non-hydrogen) atoms. The van der Waals surface area contributed by atoms with Gasteiger partial charge in [0.05, 0.1) is 15.6 Å². The number of nitrogens with one attached hydrogen (secondary N) is 1. The molecule has 7 heteroatoms. The van der Waals surface area contributed by atoms with Crippen molar-refractivity contribution < 1.29 is 4.79 Å². The van der Waals surface area contributed by atoms with Gasteiger partial charge in [-0.2, -0.15) is 0 Å². The van der Waals surface area contributed by atoms with Crippen molar-refractivity contribution >= 4 is 73.7 Å². The summed E-state index contributed by atoms with van der Waals surface area (Å²) in [7, 11) is 0. The van der Waals surface area contributed by atoms with Crippen molar-refractivity contribution in [2.45, 2.75) is 0 Å². The highest BCUT2D eigenvalue weighted by molar-refractivity contribution is 9.10. The second kappa shape index (κ2) is 7.09. The summed E-state index contributed by atoms with van der Waals surface area (Å²) in [6.45, 7) is 0. The number of carbonyl (C=O) groups excluding carboxylic acids is 1. The minimum atomic E-state index is -0.188. The van der Waals surface area contributed by atoms with Crippen LogP contribution < -0.4 is 5.32 Å². The predicted octanol–water partition coefficient (Wildman–Crippen LogP) is 5.65. The zero-order valence-electron chi connectivity index (χ0n) is 11.5. The van der Waals surface area contributed by atoms with Crippen molar-refractivity contribution in [1.29, 1.82) is 0 Å². The van der Waals surface area contributed by atoms with Gasteiger partial charge in [-0.25, -0.2) is 4.99 Å². The van der Waals surface area contributed by atoms with Gasteiger partial charge in [-0.3, -0.25) is 4.79 Å². The first-order valence-corrected chi connectivity index (χ1v) is 8.88. The van der Waals surface area contributed by atoms with Gasteiger partial charge in [-0.1, -0.05) is 51.3 Å². The molecule has 0 unspecified atom stereocenters. The van der Waals surface area contributed by atoms with Crippen LogP contribution >= 0.6 is 50.9 Å². The molecule has 0 atom stereocenters. The molecule has 1 saturated heterocycles. The second-order valence-corrected chi connectivity index (χ2v) is 7.42. The summed E-state index contributed by atoms with van der Waals surface area (Å²) in [6.07, 6.45) is 1.81. The number of aliphatic imine (C=N–C) groups is 1. The Bertz CT molecular complexity index is 852. The summed E-state index contributed by atoms with van der Waals surface area (Å²) in [5.74, 6) is -0.188. The Hall–Kier alpha value is -1.27. The Labute approximate surface area is 155 Å². The lowest BCUT2D eigenvalue weighted by atomic mass is 10.2. The lowest BCUT2D eigenvalue weighted by molar-refractivity contribution is -0.115. The number of hydrogen-bond donors (Lipinski definition) is 1.